The van der Waals surface area contributed by atoms with Crippen LogP contribution in [-0.2, 0) is 0 Å². The number of para-hydroxylation sites is 1. The summed E-state index contributed by atoms with van der Waals surface area (Å²) in [4.78, 5) is 11.3. The third-order valence-electron chi connectivity index (χ3n) is 4.84. The van der Waals surface area contributed by atoms with E-state index < -0.39 is 4.92 Å². The average molecular weight is 444 g/mol. The van der Waals surface area contributed by atoms with Crippen molar-refractivity contribution in [1.82, 2.24) is 4.57 Å². The fourth-order valence-corrected chi connectivity index (χ4v) is 4.16. The van der Waals surface area contributed by atoms with E-state index in [9.17, 15) is 10.1 Å². The van der Waals surface area contributed by atoms with Crippen molar-refractivity contribution in [3.63, 3.8) is 0 Å². The largest absolute Gasteiger partial charge is 0.454 e. The molecular formula is C23H16N4O4S. The Morgan fingerprint density at radius 2 is 1.78 bits per heavy atom. The summed E-state index contributed by atoms with van der Waals surface area (Å²) < 4.78 is 12.7. The maximum Gasteiger partial charge on any atom is 0.269 e. The highest BCUT2D eigenvalue weighted by molar-refractivity contribution is 7.07. The van der Waals surface area contributed by atoms with Crippen LogP contribution in [0.5, 0.6) is 11.5 Å². The van der Waals surface area contributed by atoms with Crippen molar-refractivity contribution in [3.05, 3.63) is 98.7 Å². The van der Waals surface area contributed by atoms with Gasteiger partial charge in [0.05, 0.1) is 16.8 Å². The normalized spacial score (nSPS) is 13.1. The number of hydrogen-bond donors (Lipinski definition) is 0. The molecule has 0 spiro atoms. The van der Waals surface area contributed by atoms with Gasteiger partial charge in [-0.1, -0.05) is 18.2 Å². The summed E-state index contributed by atoms with van der Waals surface area (Å²) in [5.74, 6) is 1.40. The molecule has 2 heterocycles. The standard InChI is InChI=1S/C23H16N4O4S/c28-27(29)19-9-7-17(8-10-19)20-14-32-23(26(20)18-4-2-1-3-5-18)25-24-13-16-6-11-21-22(12-16)31-15-30-21/h1-14H,15H2/b24-13+,25-23-. The molecule has 4 aromatic rings. The van der Waals surface area contributed by atoms with Crippen molar-refractivity contribution in [2.45, 2.75) is 0 Å². The van der Waals surface area contributed by atoms with E-state index >= 15 is 0 Å². The molecule has 3 aromatic carbocycles. The summed E-state index contributed by atoms with van der Waals surface area (Å²) in [6.07, 6.45) is 1.66. The van der Waals surface area contributed by atoms with Crippen LogP contribution >= 0.6 is 11.3 Å². The number of nitro groups is 1. The van der Waals surface area contributed by atoms with E-state index in [1.54, 1.807) is 18.3 Å². The second-order valence-electron chi connectivity index (χ2n) is 6.84. The van der Waals surface area contributed by atoms with Gasteiger partial charge in [0.25, 0.3) is 5.69 Å². The summed E-state index contributed by atoms with van der Waals surface area (Å²) >= 11 is 1.44. The molecule has 9 heteroatoms. The predicted octanol–water partition coefficient (Wildman–Crippen LogP) is 4.78. The number of rotatable bonds is 5. The van der Waals surface area contributed by atoms with E-state index in [1.165, 1.54) is 23.5 Å². The average Bonchev–Trinajstić information content (AvgIpc) is 3.46. The topological polar surface area (TPSA) is 91.2 Å². The van der Waals surface area contributed by atoms with E-state index in [-0.39, 0.29) is 12.5 Å². The zero-order chi connectivity index (χ0) is 21.9. The summed E-state index contributed by atoms with van der Waals surface area (Å²) in [7, 11) is 0. The van der Waals surface area contributed by atoms with Crippen LogP contribution in [0.2, 0.25) is 0 Å². The molecule has 5 rings (SSSR count). The lowest BCUT2D eigenvalue weighted by atomic mass is 10.1. The number of nitro benzene ring substituents is 1. The molecule has 0 N–H and O–H groups in total. The second kappa shape index (κ2) is 8.48. The molecule has 0 unspecified atom stereocenters. The molecule has 1 aliphatic heterocycles. The van der Waals surface area contributed by atoms with Crippen LogP contribution in [0, 0.1) is 10.1 Å². The maximum atomic E-state index is 11.0. The highest BCUT2D eigenvalue weighted by Crippen LogP contribution is 2.32. The Morgan fingerprint density at radius 1 is 1.00 bits per heavy atom. The first-order chi connectivity index (χ1) is 15.7. The van der Waals surface area contributed by atoms with Crippen LogP contribution < -0.4 is 14.3 Å². The molecule has 1 aromatic heterocycles. The van der Waals surface area contributed by atoms with Gasteiger partial charge >= 0.3 is 0 Å². The van der Waals surface area contributed by atoms with Crippen LogP contribution in [-0.4, -0.2) is 22.5 Å². The summed E-state index contributed by atoms with van der Waals surface area (Å²) in [6, 6.07) is 21.8. The molecule has 0 amide bonds. The van der Waals surface area contributed by atoms with Crippen LogP contribution in [0.4, 0.5) is 5.69 Å². The second-order valence-corrected chi connectivity index (χ2v) is 7.67. The molecule has 0 atom stereocenters. The fourth-order valence-electron chi connectivity index (χ4n) is 3.30. The maximum absolute atomic E-state index is 11.0. The zero-order valence-corrected chi connectivity index (χ0v) is 17.4. The Bertz CT molecular complexity index is 1380. The van der Waals surface area contributed by atoms with Crippen LogP contribution in [0.25, 0.3) is 16.9 Å². The Kier molecular flexibility index (Phi) is 5.22. The van der Waals surface area contributed by atoms with Crippen molar-refractivity contribution in [3.8, 4) is 28.4 Å². The molecule has 32 heavy (non-hydrogen) atoms. The SMILES string of the molecule is O=[N+]([O-])c1ccc(-c2cs/c(=N\N=C\c3ccc4c(c3)OCO4)n2-c2ccccc2)cc1. The molecule has 0 bridgehead atoms. The van der Waals surface area contributed by atoms with Gasteiger partial charge < -0.3 is 9.47 Å². The van der Waals surface area contributed by atoms with E-state index in [0.717, 1.165) is 22.5 Å². The third kappa shape index (κ3) is 3.88. The molecule has 0 radical (unpaired) electrons. The number of aromatic nitrogens is 1. The minimum Gasteiger partial charge on any atom is -0.454 e. The molecular weight excluding hydrogens is 428 g/mol. The quantitative estimate of drug-likeness (QED) is 0.252. The smallest absolute Gasteiger partial charge is 0.269 e. The Balaban J connectivity index is 1.54. The Labute approximate surface area is 186 Å². The minimum atomic E-state index is -0.408. The molecule has 0 aliphatic carbocycles. The van der Waals surface area contributed by atoms with E-state index in [2.05, 4.69) is 10.2 Å². The van der Waals surface area contributed by atoms with Gasteiger partial charge in [-0.25, -0.2) is 0 Å². The summed E-state index contributed by atoms with van der Waals surface area (Å²) in [5, 5.41) is 21.7. The molecule has 158 valence electrons. The summed E-state index contributed by atoms with van der Waals surface area (Å²) in [5.41, 5.74) is 3.52. The molecule has 0 saturated heterocycles. The van der Waals surface area contributed by atoms with Gasteiger partial charge in [-0.05, 0) is 53.6 Å². The first-order valence-electron chi connectivity index (χ1n) is 9.66. The minimum absolute atomic E-state index is 0.0495. The number of fused-ring (bicyclic) bond motifs is 1. The first-order valence-corrected chi connectivity index (χ1v) is 10.5. The highest BCUT2D eigenvalue weighted by Gasteiger charge is 2.13. The summed E-state index contributed by atoms with van der Waals surface area (Å²) in [6.45, 7) is 0.220. The Morgan fingerprint density at radius 3 is 2.56 bits per heavy atom. The Hall–Kier alpha value is -4.24. The van der Waals surface area contributed by atoms with E-state index in [0.29, 0.717) is 16.3 Å². The first kappa shape index (κ1) is 19.7. The van der Waals surface area contributed by atoms with E-state index in [1.807, 2.05) is 58.5 Å². The van der Waals surface area contributed by atoms with Gasteiger partial charge in [-0.2, -0.15) is 5.10 Å². The van der Waals surface area contributed by atoms with Gasteiger partial charge in [-0.15, -0.1) is 16.4 Å². The van der Waals surface area contributed by atoms with E-state index in [4.69, 9.17) is 9.47 Å². The lowest BCUT2D eigenvalue weighted by Gasteiger charge is -2.08. The van der Waals surface area contributed by atoms with Gasteiger partial charge in [0.2, 0.25) is 11.6 Å². The molecule has 1 aliphatic rings. The zero-order valence-electron chi connectivity index (χ0n) is 16.6. The van der Waals surface area contributed by atoms with Crippen molar-refractivity contribution in [2.75, 3.05) is 6.79 Å². The number of nitrogens with zero attached hydrogens (tertiary/aromatic N) is 4. The van der Waals surface area contributed by atoms with Crippen LogP contribution in [0.15, 0.2) is 88.4 Å². The fraction of sp³-hybridized carbons (Fsp3) is 0.0435. The predicted molar refractivity (Wildman–Crippen MR) is 121 cm³/mol. The lowest BCUT2D eigenvalue weighted by molar-refractivity contribution is -0.384. The molecule has 8 nitrogen and oxygen atoms in total. The number of thiazole rings is 1. The monoisotopic (exact) mass is 444 g/mol. The number of non-ortho nitro benzene ring substituents is 1. The third-order valence-corrected chi connectivity index (χ3v) is 5.66. The van der Waals surface area contributed by atoms with Crippen LogP contribution in [0.3, 0.4) is 0 Å². The van der Waals surface area contributed by atoms with Gasteiger partial charge in [0.15, 0.2) is 11.5 Å². The van der Waals surface area contributed by atoms with Crippen molar-refractivity contribution in [2.24, 2.45) is 10.2 Å². The van der Waals surface area contributed by atoms with Crippen molar-refractivity contribution < 1.29 is 14.4 Å². The highest BCUT2D eigenvalue weighted by atomic mass is 32.1. The van der Waals surface area contributed by atoms with Gasteiger partial charge in [-0.3, -0.25) is 14.7 Å². The van der Waals surface area contributed by atoms with Crippen LogP contribution in [0.1, 0.15) is 5.56 Å². The van der Waals surface area contributed by atoms with Crippen molar-refractivity contribution >= 4 is 23.2 Å². The number of ether oxygens (including phenoxy) is 2. The van der Waals surface area contributed by atoms with Gasteiger partial charge in [0, 0.05) is 23.2 Å². The number of hydrogen-bond acceptors (Lipinski definition) is 7. The lowest BCUT2D eigenvalue weighted by Crippen LogP contribution is -2.13. The van der Waals surface area contributed by atoms with Crippen molar-refractivity contribution in [1.29, 1.82) is 0 Å². The number of benzene rings is 3. The molecule has 0 saturated carbocycles. The molecule has 0 fully saturated rings. The van der Waals surface area contributed by atoms with Gasteiger partial charge in [0.1, 0.15) is 0 Å².